The lowest BCUT2D eigenvalue weighted by Gasteiger charge is -2.37. The Morgan fingerprint density at radius 3 is 2.45 bits per heavy atom. The minimum absolute atomic E-state index is 0.167. The standard InChI is InChI=1S/C27H30F3N5O3/c1-3-4-10-22(36)34(2)20-13-15-35(16-14-20)21-12-11-19(17-31-21)32-25(37)23-24(27(28,29)30)38-26(33-23)18-8-6-5-7-9-18/h5-9,11-12,17,20H,3-4,10,13-16H2,1-2H3,(H,32,37). The molecule has 1 aromatic carbocycles. The fourth-order valence-corrected chi connectivity index (χ4v) is 4.40. The van der Waals surface area contributed by atoms with Crippen LogP contribution in [-0.4, -0.2) is 52.9 Å². The van der Waals surface area contributed by atoms with Crippen molar-refractivity contribution in [3.8, 4) is 11.5 Å². The summed E-state index contributed by atoms with van der Waals surface area (Å²) in [7, 11) is 1.86. The molecule has 1 N–H and O–H groups in total. The first-order valence-electron chi connectivity index (χ1n) is 12.6. The number of oxazole rings is 1. The van der Waals surface area contributed by atoms with Crippen LogP contribution in [0.25, 0.3) is 11.5 Å². The number of aromatic nitrogens is 2. The van der Waals surface area contributed by atoms with Gasteiger partial charge in [-0.3, -0.25) is 9.59 Å². The van der Waals surface area contributed by atoms with E-state index in [0.29, 0.717) is 30.9 Å². The summed E-state index contributed by atoms with van der Waals surface area (Å²) in [5.74, 6) is -1.95. The SMILES string of the molecule is CCCCC(=O)N(C)C1CCN(c2ccc(NC(=O)c3nc(-c4ccccc4)oc3C(F)(F)F)cn2)CC1. The molecule has 202 valence electrons. The Kier molecular flexibility index (Phi) is 8.33. The molecule has 1 saturated heterocycles. The number of halogens is 3. The molecule has 38 heavy (non-hydrogen) atoms. The van der Waals surface area contributed by atoms with Crippen LogP contribution in [0.3, 0.4) is 0 Å². The third-order valence-electron chi connectivity index (χ3n) is 6.60. The van der Waals surface area contributed by atoms with Gasteiger partial charge in [0.05, 0.1) is 11.9 Å². The minimum Gasteiger partial charge on any atom is -0.431 e. The molecule has 11 heteroatoms. The number of nitrogens with zero attached hydrogens (tertiary/aromatic N) is 4. The number of benzene rings is 1. The Balaban J connectivity index is 1.39. The number of rotatable bonds is 8. The zero-order chi connectivity index (χ0) is 27.3. The Morgan fingerprint density at radius 2 is 1.84 bits per heavy atom. The summed E-state index contributed by atoms with van der Waals surface area (Å²) in [4.78, 5) is 37.2. The van der Waals surface area contributed by atoms with E-state index in [0.717, 1.165) is 25.7 Å². The van der Waals surface area contributed by atoms with Crippen LogP contribution < -0.4 is 10.2 Å². The molecule has 0 radical (unpaired) electrons. The number of alkyl halides is 3. The van der Waals surface area contributed by atoms with E-state index in [1.807, 2.05) is 11.9 Å². The number of nitrogens with one attached hydrogen (secondary N) is 1. The molecule has 1 aliphatic heterocycles. The van der Waals surface area contributed by atoms with E-state index >= 15 is 0 Å². The van der Waals surface area contributed by atoms with Crippen LogP contribution in [0.5, 0.6) is 0 Å². The largest absolute Gasteiger partial charge is 0.452 e. The second-order valence-electron chi connectivity index (χ2n) is 9.25. The Bertz CT molecular complexity index is 1240. The van der Waals surface area contributed by atoms with Crippen molar-refractivity contribution in [1.82, 2.24) is 14.9 Å². The molecule has 0 unspecified atom stereocenters. The topological polar surface area (TPSA) is 91.6 Å². The highest BCUT2D eigenvalue weighted by Gasteiger charge is 2.42. The molecule has 3 aromatic rings. The first-order valence-corrected chi connectivity index (χ1v) is 12.6. The number of carbonyl (C=O) groups excluding carboxylic acids is 2. The predicted octanol–water partition coefficient (Wildman–Crippen LogP) is 5.63. The van der Waals surface area contributed by atoms with E-state index in [9.17, 15) is 22.8 Å². The highest BCUT2D eigenvalue weighted by Crippen LogP contribution is 2.35. The molecule has 0 atom stereocenters. The van der Waals surface area contributed by atoms with Gasteiger partial charge in [0.25, 0.3) is 5.91 Å². The van der Waals surface area contributed by atoms with Gasteiger partial charge in [0.15, 0.2) is 5.69 Å². The predicted molar refractivity (Wildman–Crippen MR) is 137 cm³/mol. The summed E-state index contributed by atoms with van der Waals surface area (Å²) < 4.78 is 45.6. The van der Waals surface area contributed by atoms with Crippen molar-refractivity contribution in [2.24, 2.45) is 0 Å². The van der Waals surface area contributed by atoms with E-state index in [2.05, 4.69) is 27.1 Å². The van der Waals surface area contributed by atoms with Crippen molar-refractivity contribution in [3.63, 3.8) is 0 Å². The van der Waals surface area contributed by atoms with Crippen LogP contribution in [0.15, 0.2) is 53.1 Å². The van der Waals surface area contributed by atoms with Crippen molar-refractivity contribution in [2.45, 2.75) is 51.2 Å². The zero-order valence-corrected chi connectivity index (χ0v) is 21.3. The monoisotopic (exact) mass is 529 g/mol. The van der Waals surface area contributed by atoms with Crippen LogP contribution >= 0.6 is 0 Å². The van der Waals surface area contributed by atoms with Gasteiger partial charge in [-0.2, -0.15) is 13.2 Å². The van der Waals surface area contributed by atoms with Gasteiger partial charge in [0.1, 0.15) is 5.82 Å². The van der Waals surface area contributed by atoms with E-state index in [-0.39, 0.29) is 23.5 Å². The van der Waals surface area contributed by atoms with E-state index < -0.39 is 23.5 Å². The second-order valence-corrected chi connectivity index (χ2v) is 9.25. The molecule has 2 amide bonds. The fraction of sp³-hybridized carbons (Fsp3) is 0.407. The lowest BCUT2D eigenvalue weighted by Crippen LogP contribution is -2.45. The quantitative estimate of drug-likeness (QED) is 0.407. The summed E-state index contributed by atoms with van der Waals surface area (Å²) in [5, 5.41) is 2.43. The van der Waals surface area contributed by atoms with Gasteiger partial charge < -0.3 is 19.5 Å². The molecule has 2 aromatic heterocycles. The number of unbranched alkanes of at least 4 members (excludes halogenated alkanes) is 1. The van der Waals surface area contributed by atoms with Crippen molar-refractivity contribution >= 4 is 23.3 Å². The van der Waals surface area contributed by atoms with Gasteiger partial charge in [-0.1, -0.05) is 31.5 Å². The van der Waals surface area contributed by atoms with Crippen molar-refractivity contribution in [1.29, 1.82) is 0 Å². The smallest absolute Gasteiger partial charge is 0.431 e. The van der Waals surface area contributed by atoms with Gasteiger partial charge in [0.2, 0.25) is 17.6 Å². The summed E-state index contributed by atoms with van der Waals surface area (Å²) >= 11 is 0. The van der Waals surface area contributed by atoms with Crippen LogP contribution in [0.1, 0.15) is 55.3 Å². The zero-order valence-electron chi connectivity index (χ0n) is 21.3. The number of pyridine rings is 1. The number of amides is 2. The summed E-state index contributed by atoms with van der Waals surface area (Å²) in [6.07, 6.45) is 0.554. The number of carbonyl (C=O) groups is 2. The number of hydrogen-bond donors (Lipinski definition) is 1. The van der Waals surface area contributed by atoms with Crippen molar-refractivity contribution < 1.29 is 27.2 Å². The molecular weight excluding hydrogens is 499 g/mol. The molecule has 1 aliphatic rings. The normalized spacial score (nSPS) is 14.4. The first kappa shape index (κ1) is 27.2. The first-order chi connectivity index (χ1) is 18.2. The van der Waals surface area contributed by atoms with E-state index in [1.165, 1.54) is 6.20 Å². The van der Waals surface area contributed by atoms with E-state index in [4.69, 9.17) is 4.42 Å². The third kappa shape index (κ3) is 6.32. The lowest BCUT2D eigenvalue weighted by molar-refractivity contribution is -0.153. The molecule has 0 aliphatic carbocycles. The molecule has 0 saturated carbocycles. The Hall–Kier alpha value is -3.89. The van der Waals surface area contributed by atoms with Gasteiger partial charge in [-0.15, -0.1) is 0 Å². The summed E-state index contributed by atoms with van der Waals surface area (Å²) in [6.45, 7) is 3.49. The second kappa shape index (κ2) is 11.7. The highest BCUT2D eigenvalue weighted by atomic mass is 19.4. The Labute approximate surface area is 218 Å². The van der Waals surface area contributed by atoms with Crippen LogP contribution in [0.4, 0.5) is 24.7 Å². The van der Waals surface area contributed by atoms with Gasteiger partial charge in [-0.05, 0) is 43.5 Å². The van der Waals surface area contributed by atoms with Crippen LogP contribution in [-0.2, 0) is 11.0 Å². The maximum atomic E-state index is 13.6. The fourth-order valence-electron chi connectivity index (χ4n) is 4.40. The third-order valence-corrected chi connectivity index (χ3v) is 6.60. The molecular formula is C27H30F3N5O3. The number of hydrogen-bond acceptors (Lipinski definition) is 6. The minimum atomic E-state index is -4.89. The molecule has 0 spiro atoms. The summed E-state index contributed by atoms with van der Waals surface area (Å²) in [5.41, 5.74) is -0.296. The van der Waals surface area contributed by atoms with Crippen molar-refractivity contribution in [3.05, 3.63) is 60.1 Å². The maximum absolute atomic E-state index is 13.6. The van der Waals surface area contributed by atoms with Crippen molar-refractivity contribution in [2.75, 3.05) is 30.4 Å². The Morgan fingerprint density at radius 1 is 1.13 bits per heavy atom. The highest BCUT2D eigenvalue weighted by molar-refractivity contribution is 6.04. The average molecular weight is 530 g/mol. The summed E-state index contributed by atoms with van der Waals surface area (Å²) in [6, 6.07) is 11.5. The maximum Gasteiger partial charge on any atom is 0.452 e. The van der Waals surface area contributed by atoms with Crippen LogP contribution in [0.2, 0.25) is 0 Å². The molecule has 3 heterocycles. The average Bonchev–Trinajstić information content (AvgIpc) is 3.39. The number of anilines is 2. The lowest BCUT2D eigenvalue weighted by atomic mass is 10.0. The number of piperidine rings is 1. The van der Waals surface area contributed by atoms with Gasteiger partial charge >= 0.3 is 6.18 Å². The van der Waals surface area contributed by atoms with E-state index in [1.54, 1.807) is 42.5 Å². The molecule has 8 nitrogen and oxygen atoms in total. The molecule has 0 bridgehead atoms. The van der Waals surface area contributed by atoms with Gasteiger partial charge in [-0.25, -0.2) is 9.97 Å². The molecule has 1 fully saturated rings. The van der Waals surface area contributed by atoms with Gasteiger partial charge in [0, 0.05) is 38.2 Å². The molecule has 4 rings (SSSR count). The van der Waals surface area contributed by atoms with Crippen LogP contribution in [0, 0.1) is 0 Å².